The van der Waals surface area contributed by atoms with Gasteiger partial charge in [0.05, 0.1) is 6.54 Å². The lowest BCUT2D eigenvalue weighted by atomic mass is 10.1. The summed E-state index contributed by atoms with van der Waals surface area (Å²) in [5.74, 6) is -3.53. The van der Waals surface area contributed by atoms with Crippen LogP contribution in [0.5, 0.6) is 0 Å². The third-order valence-electron chi connectivity index (χ3n) is 5.56. The van der Waals surface area contributed by atoms with Gasteiger partial charge in [-0.3, -0.25) is 4.48 Å². The Labute approximate surface area is 187 Å². The molecule has 0 unspecified atom stereocenters. The van der Waals surface area contributed by atoms with Crippen molar-refractivity contribution in [1.29, 1.82) is 0 Å². The fraction of sp³-hybridized carbons (Fsp3) is 0.792. The van der Waals surface area contributed by atoms with Crippen LogP contribution in [0.3, 0.4) is 0 Å². The van der Waals surface area contributed by atoms with E-state index in [4.69, 9.17) is 15.3 Å². The molecule has 0 spiro atoms. The minimum atomic E-state index is -1.18. The fourth-order valence-electron chi connectivity index (χ4n) is 3.96. The summed E-state index contributed by atoms with van der Waals surface area (Å²) in [6.07, 6.45) is 20.7. The van der Waals surface area contributed by atoms with Gasteiger partial charge in [-0.15, -0.1) is 0 Å². The van der Waals surface area contributed by atoms with Crippen molar-refractivity contribution in [3.63, 3.8) is 0 Å². The Hall–Kier alpha value is -1.89. The molecule has 0 fully saturated rings. The normalized spacial score (nSPS) is 11.8. The predicted octanol–water partition coefficient (Wildman–Crippen LogP) is 5.09. The van der Waals surface area contributed by atoms with Gasteiger partial charge in [-0.05, 0) is 38.5 Å². The maximum Gasteiger partial charge on any atom is 0.359 e. The number of hydrogen-bond acceptors (Lipinski definition) is 3. The molecule has 0 aliphatic carbocycles. The molecule has 3 N–H and O–H groups in total. The van der Waals surface area contributed by atoms with E-state index in [0.29, 0.717) is 6.42 Å². The largest absolute Gasteiger partial charge is 0.477 e. The predicted molar refractivity (Wildman–Crippen MR) is 122 cm³/mol. The van der Waals surface area contributed by atoms with E-state index in [0.717, 1.165) is 38.5 Å². The first-order valence-corrected chi connectivity index (χ1v) is 12.0. The molecule has 7 heteroatoms. The second-order valence-electron chi connectivity index (χ2n) is 8.66. The minimum absolute atomic E-state index is 0.253. The number of rotatable bonds is 22. The maximum atomic E-state index is 11.1. The van der Waals surface area contributed by atoms with Crippen molar-refractivity contribution in [1.82, 2.24) is 0 Å². The van der Waals surface area contributed by atoms with E-state index in [1.54, 1.807) is 0 Å². The van der Waals surface area contributed by atoms with Crippen LogP contribution in [0.2, 0.25) is 0 Å². The average molecular weight is 443 g/mol. The van der Waals surface area contributed by atoms with Crippen LogP contribution in [0.15, 0.2) is 12.2 Å². The number of allylic oxidation sites excluding steroid dienone is 2. The summed E-state index contributed by atoms with van der Waals surface area (Å²) in [6, 6.07) is 0. The minimum Gasteiger partial charge on any atom is -0.477 e. The van der Waals surface area contributed by atoms with E-state index < -0.39 is 42.0 Å². The Morgan fingerprint density at radius 2 is 0.935 bits per heavy atom. The molecule has 0 aromatic carbocycles. The van der Waals surface area contributed by atoms with E-state index in [9.17, 15) is 14.4 Å². The molecule has 0 saturated heterocycles. The van der Waals surface area contributed by atoms with Gasteiger partial charge in [-0.2, -0.15) is 0 Å². The van der Waals surface area contributed by atoms with Crippen LogP contribution in [0, 0.1) is 0 Å². The van der Waals surface area contributed by atoms with E-state index in [2.05, 4.69) is 19.1 Å². The summed E-state index contributed by atoms with van der Waals surface area (Å²) in [4.78, 5) is 33.4. The number of aliphatic carboxylic acids is 3. The zero-order valence-corrected chi connectivity index (χ0v) is 19.4. The molecule has 0 amide bonds. The lowest BCUT2D eigenvalue weighted by Gasteiger charge is -2.34. The molecule has 0 aliphatic heterocycles. The van der Waals surface area contributed by atoms with Crippen molar-refractivity contribution >= 4 is 17.9 Å². The van der Waals surface area contributed by atoms with Crippen molar-refractivity contribution in [3.05, 3.63) is 12.2 Å². The lowest BCUT2D eigenvalue weighted by molar-refractivity contribution is -0.907. The van der Waals surface area contributed by atoms with E-state index in [-0.39, 0.29) is 6.54 Å². The Bertz CT molecular complexity index is 491. The van der Waals surface area contributed by atoms with Crippen LogP contribution >= 0.6 is 0 Å². The van der Waals surface area contributed by atoms with Gasteiger partial charge in [0, 0.05) is 0 Å². The van der Waals surface area contributed by atoms with Gasteiger partial charge < -0.3 is 15.3 Å². The van der Waals surface area contributed by atoms with Gasteiger partial charge in [-0.25, -0.2) is 14.4 Å². The van der Waals surface area contributed by atoms with Gasteiger partial charge in [0.2, 0.25) is 0 Å². The van der Waals surface area contributed by atoms with Crippen LogP contribution < -0.4 is 0 Å². The molecule has 0 aromatic heterocycles. The topological polar surface area (TPSA) is 112 Å². The number of hydrogen-bond donors (Lipinski definition) is 3. The lowest BCUT2D eigenvalue weighted by Crippen LogP contribution is -2.57. The van der Waals surface area contributed by atoms with Crippen LogP contribution in [0.1, 0.15) is 96.8 Å². The highest BCUT2D eigenvalue weighted by Crippen LogP contribution is 2.13. The number of unbranched alkanes of at least 4 members (excludes halogenated alkanes) is 12. The van der Waals surface area contributed by atoms with Gasteiger partial charge in [-0.1, -0.05) is 70.4 Å². The highest BCUT2D eigenvalue weighted by atomic mass is 16.4. The smallest absolute Gasteiger partial charge is 0.359 e. The van der Waals surface area contributed by atoms with Gasteiger partial charge >= 0.3 is 17.9 Å². The molecule has 180 valence electrons. The number of carboxylic acid groups (broad SMARTS) is 3. The summed E-state index contributed by atoms with van der Waals surface area (Å²) >= 11 is 0. The second-order valence-corrected chi connectivity index (χ2v) is 8.66. The van der Waals surface area contributed by atoms with Crippen molar-refractivity contribution in [2.24, 2.45) is 0 Å². The molecule has 7 nitrogen and oxygen atoms in total. The molecule has 0 rings (SSSR count). The zero-order valence-electron chi connectivity index (χ0n) is 19.4. The first-order chi connectivity index (χ1) is 14.8. The van der Waals surface area contributed by atoms with Crippen LogP contribution in [-0.4, -0.2) is 63.9 Å². The maximum absolute atomic E-state index is 11.1. The summed E-state index contributed by atoms with van der Waals surface area (Å²) < 4.78 is -0.443. The van der Waals surface area contributed by atoms with Crippen molar-refractivity contribution < 1.29 is 34.2 Å². The highest BCUT2D eigenvalue weighted by Gasteiger charge is 2.35. The molecule has 0 atom stereocenters. The third kappa shape index (κ3) is 18.6. The molecule has 0 saturated carbocycles. The Kier molecular flexibility index (Phi) is 17.7. The summed E-state index contributed by atoms with van der Waals surface area (Å²) in [6.45, 7) is 1.04. The SMILES string of the molecule is CCCCCCCCC/C=C/CCCCCCC[N+](CC(=O)O)(CC(=O)O)CC(=O)O. The molecule has 0 aromatic rings. The fourth-order valence-corrected chi connectivity index (χ4v) is 3.96. The Balaban J connectivity index is 3.93. The quantitative estimate of drug-likeness (QED) is 0.122. The molecule has 0 bridgehead atoms. The van der Waals surface area contributed by atoms with E-state index in [1.165, 1.54) is 44.9 Å². The second kappa shape index (κ2) is 18.8. The summed E-state index contributed by atoms with van der Waals surface area (Å²) in [5.41, 5.74) is 0. The Morgan fingerprint density at radius 3 is 1.32 bits per heavy atom. The number of carboxylic acids is 3. The molecule has 0 heterocycles. The molecule has 0 radical (unpaired) electrons. The highest BCUT2D eigenvalue weighted by molar-refractivity contribution is 5.73. The summed E-state index contributed by atoms with van der Waals surface area (Å²) in [5, 5.41) is 27.3. The van der Waals surface area contributed by atoms with Crippen LogP contribution in [-0.2, 0) is 14.4 Å². The van der Waals surface area contributed by atoms with Gasteiger partial charge in [0.15, 0.2) is 19.6 Å². The zero-order chi connectivity index (χ0) is 23.4. The van der Waals surface area contributed by atoms with E-state index in [1.807, 2.05) is 0 Å². The number of carbonyl (C=O) groups is 3. The van der Waals surface area contributed by atoms with Gasteiger partial charge in [0.1, 0.15) is 0 Å². The monoisotopic (exact) mass is 442 g/mol. The molecular formula is C24H44NO6+. The summed E-state index contributed by atoms with van der Waals surface area (Å²) in [7, 11) is 0. The van der Waals surface area contributed by atoms with Gasteiger partial charge in [0.25, 0.3) is 0 Å². The molecule has 0 aliphatic rings. The van der Waals surface area contributed by atoms with Crippen LogP contribution in [0.4, 0.5) is 0 Å². The number of nitrogens with zero attached hydrogens (tertiary/aromatic N) is 1. The standard InChI is InChI=1S/C24H43NO6/c1-2-3-4-5-6-7-8-9-10-11-12-13-14-15-16-17-18-25(19-22(26)27,20-23(28)29)21-24(30)31/h10-11H,2-9,12-21H2,1H3,(H2-,26,27,28,29,30,31)/p+1/b11-10+. The molecule has 31 heavy (non-hydrogen) atoms. The molecular weight excluding hydrogens is 398 g/mol. The Morgan fingerprint density at radius 1 is 0.581 bits per heavy atom. The van der Waals surface area contributed by atoms with Crippen molar-refractivity contribution in [3.8, 4) is 0 Å². The van der Waals surface area contributed by atoms with Crippen molar-refractivity contribution in [2.75, 3.05) is 26.2 Å². The first-order valence-electron chi connectivity index (χ1n) is 12.0. The van der Waals surface area contributed by atoms with E-state index >= 15 is 0 Å². The number of quaternary nitrogens is 1. The third-order valence-corrected chi connectivity index (χ3v) is 5.56. The average Bonchev–Trinajstić information content (AvgIpc) is 2.66. The first kappa shape index (κ1) is 29.1. The van der Waals surface area contributed by atoms with Crippen LogP contribution in [0.25, 0.3) is 0 Å². The van der Waals surface area contributed by atoms with Crippen molar-refractivity contribution in [2.45, 2.75) is 96.8 Å².